The second-order valence-corrected chi connectivity index (χ2v) is 6.65. The van der Waals surface area contributed by atoms with E-state index in [1.54, 1.807) is 10.9 Å². The topological polar surface area (TPSA) is 84.7 Å². The van der Waals surface area contributed by atoms with Crippen molar-refractivity contribution in [3.8, 4) is 0 Å². The number of piperidine rings is 1. The van der Waals surface area contributed by atoms with Gasteiger partial charge in [-0.2, -0.15) is 5.10 Å². The smallest absolute Gasteiger partial charge is 0.338 e. The summed E-state index contributed by atoms with van der Waals surface area (Å²) in [7, 11) is 0. The monoisotopic (exact) mass is 335 g/mol. The first-order valence-corrected chi connectivity index (χ1v) is 8.80. The molecule has 1 aromatic rings. The Morgan fingerprint density at radius 1 is 1.25 bits per heavy atom. The van der Waals surface area contributed by atoms with Gasteiger partial charge in [-0.05, 0) is 38.5 Å². The Balaban J connectivity index is 1.43. The van der Waals surface area contributed by atoms with E-state index in [0.717, 1.165) is 38.7 Å². The van der Waals surface area contributed by atoms with Crippen LogP contribution in [-0.2, 0) is 9.53 Å². The van der Waals surface area contributed by atoms with Gasteiger partial charge in [0.1, 0.15) is 0 Å². The molecule has 2 saturated heterocycles. The van der Waals surface area contributed by atoms with Gasteiger partial charge >= 0.3 is 5.97 Å². The van der Waals surface area contributed by atoms with E-state index in [9.17, 15) is 9.59 Å². The number of aromatic carboxylic acids is 1. The number of ether oxygens (including phenoxy) is 1. The molecule has 3 rings (SSSR count). The number of amides is 1. The van der Waals surface area contributed by atoms with Crippen molar-refractivity contribution < 1.29 is 19.4 Å². The molecule has 7 heteroatoms. The summed E-state index contributed by atoms with van der Waals surface area (Å²) in [6, 6.07) is 0.170. The molecule has 7 nitrogen and oxygen atoms in total. The molecule has 1 aromatic heterocycles. The number of hydrogen-bond acceptors (Lipinski definition) is 4. The molecule has 2 aliphatic rings. The zero-order chi connectivity index (χ0) is 16.9. The predicted molar refractivity (Wildman–Crippen MR) is 86.9 cm³/mol. The lowest BCUT2D eigenvalue weighted by atomic mass is 10.0. The Kier molecular flexibility index (Phi) is 5.50. The summed E-state index contributed by atoms with van der Waals surface area (Å²) < 4.78 is 7.41. The Morgan fingerprint density at radius 2 is 2.04 bits per heavy atom. The number of carboxylic acid groups (broad SMARTS) is 1. The van der Waals surface area contributed by atoms with Gasteiger partial charge < -0.3 is 14.7 Å². The fourth-order valence-electron chi connectivity index (χ4n) is 3.51. The average Bonchev–Trinajstić information content (AvgIpc) is 3.11. The lowest BCUT2D eigenvalue weighted by molar-refractivity contribution is -0.133. The summed E-state index contributed by atoms with van der Waals surface area (Å²) >= 11 is 0. The fraction of sp³-hybridized carbons (Fsp3) is 0.706. The van der Waals surface area contributed by atoms with Crippen LogP contribution in [0.1, 0.15) is 61.3 Å². The number of carboxylic acids is 1. The van der Waals surface area contributed by atoms with Crippen molar-refractivity contribution >= 4 is 11.9 Å². The molecular weight excluding hydrogens is 310 g/mol. The summed E-state index contributed by atoms with van der Waals surface area (Å²) in [6.07, 6.45) is 9.61. The molecule has 0 aliphatic carbocycles. The third kappa shape index (κ3) is 4.14. The van der Waals surface area contributed by atoms with Crippen molar-refractivity contribution in [2.75, 3.05) is 19.7 Å². The second kappa shape index (κ2) is 7.79. The van der Waals surface area contributed by atoms with Gasteiger partial charge in [-0.1, -0.05) is 0 Å². The normalized spacial score (nSPS) is 22.5. The first-order valence-electron chi connectivity index (χ1n) is 8.80. The van der Waals surface area contributed by atoms with E-state index >= 15 is 0 Å². The van der Waals surface area contributed by atoms with Crippen LogP contribution in [0.25, 0.3) is 0 Å². The third-order valence-electron chi connectivity index (χ3n) is 4.99. The highest BCUT2D eigenvalue weighted by atomic mass is 16.5. The van der Waals surface area contributed by atoms with Crippen molar-refractivity contribution in [1.29, 1.82) is 0 Å². The summed E-state index contributed by atoms with van der Waals surface area (Å²) in [5.41, 5.74) is 0.209. The van der Waals surface area contributed by atoms with Gasteiger partial charge in [0, 0.05) is 32.3 Å². The van der Waals surface area contributed by atoms with Crippen LogP contribution in [0.4, 0.5) is 0 Å². The maximum Gasteiger partial charge on any atom is 0.338 e. The van der Waals surface area contributed by atoms with Crippen LogP contribution in [0.2, 0.25) is 0 Å². The molecule has 1 unspecified atom stereocenters. The highest BCUT2D eigenvalue weighted by Crippen LogP contribution is 2.24. The average molecular weight is 335 g/mol. The van der Waals surface area contributed by atoms with Crippen LogP contribution >= 0.6 is 0 Å². The molecule has 0 bridgehead atoms. The molecule has 0 saturated carbocycles. The van der Waals surface area contributed by atoms with E-state index in [4.69, 9.17) is 9.84 Å². The number of aromatic nitrogens is 2. The SMILES string of the molecule is O=C(O)c1cnn(C2CCN(C(=O)CCC3CCCCO3)CC2)c1. The fourth-order valence-corrected chi connectivity index (χ4v) is 3.51. The minimum atomic E-state index is -0.959. The van der Waals surface area contributed by atoms with Gasteiger partial charge in [-0.15, -0.1) is 0 Å². The zero-order valence-corrected chi connectivity index (χ0v) is 13.9. The first kappa shape index (κ1) is 17.0. The van der Waals surface area contributed by atoms with E-state index in [1.807, 2.05) is 4.90 Å². The van der Waals surface area contributed by atoms with E-state index in [-0.39, 0.29) is 23.6 Å². The number of nitrogens with zero attached hydrogens (tertiary/aromatic N) is 3. The van der Waals surface area contributed by atoms with Crippen LogP contribution in [0, 0.1) is 0 Å². The molecule has 3 heterocycles. The molecule has 132 valence electrons. The quantitative estimate of drug-likeness (QED) is 0.891. The maximum atomic E-state index is 12.3. The van der Waals surface area contributed by atoms with Crippen molar-refractivity contribution in [1.82, 2.24) is 14.7 Å². The Bertz CT molecular complexity index is 572. The second-order valence-electron chi connectivity index (χ2n) is 6.65. The maximum absolute atomic E-state index is 12.3. The highest BCUT2D eigenvalue weighted by Gasteiger charge is 2.25. The minimum absolute atomic E-state index is 0.170. The Labute approximate surface area is 141 Å². The lowest BCUT2D eigenvalue weighted by Crippen LogP contribution is -2.39. The third-order valence-corrected chi connectivity index (χ3v) is 4.99. The van der Waals surface area contributed by atoms with Crippen LogP contribution in [0.15, 0.2) is 12.4 Å². The van der Waals surface area contributed by atoms with E-state index in [1.165, 1.54) is 12.6 Å². The number of hydrogen-bond donors (Lipinski definition) is 1. The van der Waals surface area contributed by atoms with Crippen LogP contribution in [0.3, 0.4) is 0 Å². The minimum Gasteiger partial charge on any atom is -0.478 e. The molecular formula is C17H25N3O4. The van der Waals surface area contributed by atoms with E-state index in [0.29, 0.717) is 19.5 Å². The molecule has 2 fully saturated rings. The van der Waals surface area contributed by atoms with E-state index in [2.05, 4.69) is 5.10 Å². The van der Waals surface area contributed by atoms with Gasteiger partial charge in [-0.25, -0.2) is 4.79 Å². The van der Waals surface area contributed by atoms with Gasteiger partial charge in [-0.3, -0.25) is 9.48 Å². The molecule has 24 heavy (non-hydrogen) atoms. The number of carbonyl (C=O) groups excluding carboxylic acids is 1. The van der Waals surface area contributed by atoms with Crippen molar-refractivity contribution in [3.63, 3.8) is 0 Å². The summed E-state index contributed by atoms with van der Waals surface area (Å²) in [5.74, 6) is -0.756. The molecule has 1 atom stereocenters. The van der Waals surface area contributed by atoms with Gasteiger partial charge in [0.25, 0.3) is 0 Å². The van der Waals surface area contributed by atoms with Crippen LogP contribution < -0.4 is 0 Å². The Hall–Kier alpha value is -1.89. The predicted octanol–water partition coefficient (Wildman–Crippen LogP) is 2.09. The standard InChI is InChI=1S/C17H25N3O4/c21-16(5-4-15-3-1-2-10-24-15)19-8-6-14(7-9-19)20-12-13(11-18-20)17(22)23/h11-12,14-15H,1-10H2,(H,22,23). The van der Waals surface area contributed by atoms with Crippen molar-refractivity contribution in [2.24, 2.45) is 0 Å². The molecule has 0 spiro atoms. The molecule has 1 amide bonds. The van der Waals surface area contributed by atoms with Gasteiger partial charge in [0.2, 0.25) is 5.91 Å². The number of likely N-dealkylation sites (tertiary alicyclic amines) is 1. The summed E-state index contributed by atoms with van der Waals surface area (Å²) in [5, 5.41) is 13.1. The lowest BCUT2D eigenvalue weighted by Gasteiger charge is -2.32. The van der Waals surface area contributed by atoms with Crippen LogP contribution in [0.5, 0.6) is 0 Å². The number of carbonyl (C=O) groups is 2. The Morgan fingerprint density at radius 3 is 2.67 bits per heavy atom. The zero-order valence-electron chi connectivity index (χ0n) is 13.9. The van der Waals surface area contributed by atoms with Gasteiger partial charge in [0.15, 0.2) is 0 Å². The number of rotatable bonds is 5. The van der Waals surface area contributed by atoms with Gasteiger partial charge in [0.05, 0.1) is 23.9 Å². The largest absolute Gasteiger partial charge is 0.478 e. The van der Waals surface area contributed by atoms with E-state index < -0.39 is 5.97 Å². The first-order chi connectivity index (χ1) is 11.6. The summed E-state index contributed by atoms with van der Waals surface area (Å²) in [4.78, 5) is 25.2. The van der Waals surface area contributed by atoms with Crippen molar-refractivity contribution in [2.45, 2.75) is 57.1 Å². The highest BCUT2D eigenvalue weighted by molar-refractivity contribution is 5.86. The molecule has 0 radical (unpaired) electrons. The summed E-state index contributed by atoms with van der Waals surface area (Å²) in [6.45, 7) is 2.24. The molecule has 1 N–H and O–H groups in total. The molecule has 2 aliphatic heterocycles. The molecule has 0 aromatic carbocycles. The van der Waals surface area contributed by atoms with Crippen molar-refractivity contribution in [3.05, 3.63) is 18.0 Å². The van der Waals surface area contributed by atoms with Crippen LogP contribution in [-0.4, -0.2) is 57.5 Å².